The predicted octanol–water partition coefficient (Wildman–Crippen LogP) is -0.938. The fraction of sp³-hybridized carbons (Fsp3) is 0.765. The third-order valence-electron chi connectivity index (χ3n) is 3.70. The highest BCUT2D eigenvalue weighted by Gasteiger charge is 2.55. The molecule has 0 bridgehead atoms. The van der Waals surface area contributed by atoms with Gasteiger partial charge < -0.3 is 28.4 Å². The fourth-order valence-corrected chi connectivity index (χ4v) is 3.10. The first-order valence-electron chi connectivity index (χ1n) is 9.06. The van der Waals surface area contributed by atoms with Gasteiger partial charge in [0.2, 0.25) is 0 Å². The number of carbonyl (C=O) groups excluding carboxylic acids is 4. The lowest BCUT2D eigenvalue weighted by atomic mass is 9.97. The van der Waals surface area contributed by atoms with E-state index in [1.165, 1.54) is 0 Å². The lowest BCUT2D eigenvalue weighted by Crippen LogP contribution is -2.63. The normalized spacial score (nSPS) is 25.9. The number of ether oxygens (including phenoxy) is 6. The molecule has 0 radical (unpaired) electrons. The van der Waals surface area contributed by atoms with Gasteiger partial charge in [0.15, 0.2) is 30.7 Å². The van der Waals surface area contributed by atoms with Gasteiger partial charge in [-0.2, -0.15) is 8.42 Å². The lowest BCUT2D eigenvalue weighted by Gasteiger charge is -2.43. The first-order valence-corrected chi connectivity index (χ1v) is 10.9. The molecule has 5 atom stereocenters. The Morgan fingerprint density at radius 3 is 1.84 bits per heavy atom. The predicted molar refractivity (Wildman–Crippen MR) is 98.7 cm³/mol. The topological polar surface area (TPSA) is 167 Å². The van der Waals surface area contributed by atoms with Gasteiger partial charge in [-0.1, -0.05) is 0 Å². The third-order valence-corrected chi connectivity index (χ3v) is 4.30. The zero-order valence-electron chi connectivity index (χ0n) is 17.7. The highest BCUT2D eigenvalue weighted by atomic mass is 32.2. The van der Waals surface area contributed by atoms with Crippen LogP contribution in [0.1, 0.15) is 27.2 Å². The van der Waals surface area contributed by atoms with E-state index >= 15 is 0 Å². The van der Waals surface area contributed by atoms with Gasteiger partial charge in [0.25, 0.3) is 10.1 Å². The van der Waals surface area contributed by atoms with Gasteiger partial charge in [-0.15, -0.1) is 0 Å². The molecule has 1 aliphatic rings. The fourth-order valence-electron chi connectivity index (χ4n) is 2.68. The average Bonchev–Trinajstić information content (AvgIpc) is 2.62. The van der Waals surface area contributed by atoms with Crippen molar-refractivity contribution in [3.05, 3.63) is 0 Å². The van der Waals surface area contributed by atoms with Gasteiger partial charge in [-0.05, 0) is 6.42 Å². The van der Waals surface area contributed by atoms with E-state index in [1.807, 2.05) is 0 Å². The van der Waals surface area contributed by atoms with E-state index in [2.05, 4.69) is 8.92 Å². The summed E-state index contributed by atoms with van der Waals surface area (Å²) in [7, 11) is -2.58. The van der Waals surface area contributed by atoms with Crippen molar-refractivity contribution in [1.82, 2.24) is 0 Å². The molecule has 0 spiro atoms. The number of hydrogen-bond donors (Lipinski definition) is 0. The largest absolute Gasteiger partial charge is 0.467 e. The van der Waals surface area contributed by atoms with Gasteiger partial charge in [-0.3, -0.25) is 18.6 Å². The van der Waals surface area contributed by atoms with Crippen LogP contribution in [0.4, 0.5) is 0 Å². The Kier molecular flexibility index (Phi) is 10.3. The molecule has 13 nitrogen and oxygen atoms in total. The number of esters is 4. The molecule has 1 fully saturated rings. The van der Waals surface area contributed by atoms with Crippen LogP contribution in [-0.4, -0.2) is 89.6 Å². The summed E-state index contributed by atoms with van der Waals surface area (Å²) < 4.78 is 57.7. The zero-order chi connectivity index (χ0) is 23.8. The summed E-state index contributed by atoms with van der Waals surface area (Å²) in [6, 6.07) is 0. The molecule has 31 heavy (non-hydrogen) atoms. The van der Waals surface area contributed by atoms with Crippen LogP contribution in [0.2, 0.25) is 0 Å². The highest BCUT2D eigenvalue weighted by molar-refractivity contribution is 7.85. The Labute approximate surface area is 179 Å². The summed E-state index contributed by atoms with van der Waals surface area (Å²) in [6.45, 7) is 2.86. The summed E-state index contributed by atoms with van der Waals surface area (Å²) in [6.07, 6.45) is -6.40. The van der Waals surface area contributed by atoms with Crippen LogP contribution in [0.3, 0.4) is 0 Å². The smallest absolute Gasteiger partial charge is 0.339 e. The molecule has 0 aromatic heterocycles. The first-order chi connectivity index (χ1) is 14.4. The van der Waals surface area contributed by atoms with E-state index in [0.717, 1.165) is 34.1 Å². The molecule has 0 aromatic rings. The second-order valence-electron chi connectivity index (χ2n) is 6.42. The minimum Gasteiger partial charge on any atom is -0.467 e. The van der Waals surface area contributed by atoms with Crippen LogP contribution in [-0.2, 0) is 61.9 Å². The molecule has 0 saturated carbocycles. The van der Waals surface area contributed by atoms with Crippen molar-refractivity contribution in [2.24, 2.45) is 0 Å². The summed E-state index contributed by atoms with van der Waals surface area (Å²) in [4.78, 5) is 47.0. The molecular weight excluding hydrogens is 444 g/mol. The standard InChI is InChI=1S/C17H26O13S/c1-9(18)27-12-13(28-10(2)19)15(29-11(3)20)17(30-14(12)16(21)24-4)25-7-6-8-26-31(5,22)23/h12-15,17H,6-8H2,1-5H3/t12-,13-,14-,15+,17+/m0/s1. The number of methoxy groups -OCH3 is 1. The van der Waals surface area contributed by atoms with Crippen LogP contribution in [0.25, 0.3) is 0 Å². The molecule has 1 saturated heterocycles. The average molecular weight is 470 g/mol. The molecule has 0 unspecified atom stereocenters. The monoisotopic (exact) mass is 470 g/mol. The van der Waals surface area contributed by atoms with Crippen LogP contribution in [0.5, 0.6) is 0 Å². The zero-order valence-corrected chi connectivity index (χ0v) is 18.5. The summed E-state index contributed by atoms with van der Waals surface area (Å²) in [5, 5.41) is 0. The lowest BCUT2D eigenvalue weighted by molar-refractivity contribution is -0.301. The van der Waals surface area contributed by atoms with Crippen molar-refractivity contribution < 1.29 is 60.2 Å². The second kappa shape index (κ2) is 11.9. The molecule has 1 rings (SSSR count). The molecule has 14 heteroatoms. The van der Waals surface area contributed by atoms with Crippen molar-refractivity contribution in [3.8, 4) is 0 Å². The molecule has 1 aliphatic heterocycles. The summed E-state index contributed by atoms with van der Waals surface area (Å²) in [5.74, 6) is -3.39. The number of carbonyl (C=O) groups is 4. The van der Waals surface area contributed by atoms with Crippen molar-refractivity contribution >= 4 is 34.0 Å². The molecule has 0 aliphatic carbocycles. The van der Waals surface area contributed by atoms with Crippen molar-refractivity contribution in [2.45, 2.75) is 57.9 Å². The Morgan fingerprint density at radius 2 is 1.35 bits per heavy atom. The van der Waals surface area contributed by atoms with Gasteiger partial charge >= 0.3 is 23.9 Å². The Bertz CT molecular complexity index is 762. The highest BCUT2D eigenvalue weighted by Crippen LogP contribution is 2.30. The van der Waals surface area contributed by atoms with Gasteiger partial charge in [0.1, 0.15) is 0 Å². The van der Waals surface area contributed by atoms with E-state index < -0.39 is 64.7 Å². The maximum atomic E-state index is 12.2. The van der Waals surface area contributed by atoms with Crippen LogP contribution in [0.15, 0.2) is 0 Å². The summed E-state index contributed by atoms with van der Waals surface area (Å²) >= 11 is 0. The van der Waals surface area contributed by atoms with Crippen molar-refractivity contribution in [2.75, 3.05) is 26.6 Å². The van der Waals surface area contributed by atoms with Crippen LogP contribution < -0.4 is 0 Å². The van der Waals surface area contributed by atoms with Crippen LogP contribution >= 0.6 is 0 Å². The quantitative estimate of drug-likeness (QED) is 0.166. The second-order valence-corrected chi connectivity index (χ2v) is 8.06. The van der Waals surface area contributed by atoms with E-state index in [4.69, 9.17) is 23.7 Å². The summed E-state index contributed by atoms with van der Waals surface area (Å²) in [5.41, 5.74) is 0. The van der Waals surface area contributed by atoms with E-state index in [-0.39, 0.29) is 19.6 Å². The van der Waals surface area contributed by atoms with E-state index in [9.17, 15) is 27.6 Å². The van der Waals surface area contributed by atoms with Crippen molar-refractivity contribution in [1.29, 1.82) is 0 Å². The SMILES string of the molecule is COC(=O)[C@H]1O[C@@H](OCCCOS(C)(=O)=O)[C@H](OC(C)=O)[C@@H](OC(C)=O)[C@@H]1OC(C)=O. The molecule has 0 N–H and O–H groups in total. The maximum absolute atomic E-state index is 12.2. The maximum Gasteiger partial charge on any atom is 0.339 e. The first kappa shape index (κ1) is 26.7. The van der Waals surface area contributed by atoms with E-state index in [0.29, 0.717) is 0 Å². The van der Waals surface area contributed by atoms with E-state index in [1.54, 1.807) is 0 Å². The molecule has 0 amide bonds. The van der Waals surface area contributed by atoms with Gasteiger partial charge in [-0.25, -0.2) is 4.79 Å². The number of hydrogen-bond acceptors (Lipinski definition) is 13. The molecule has 178 valence electrons. The minimum absolute atomic E-state index is 0.0915. The Hall–Kier alpha value is -2.29. The Morgan fingerprint density at radius 1 is 0.839 bits per heavy atom. The third kappa shape index (κ3) is 9.16. The molecule has 1 heterocycles. The van der Waals surface area contributed by atoms with Gasteiger partial charge in [0.05, 0.1) is 26.6 Å². The number of rotatable bonds is 10. The van der Waals surface area contributed by atoms with Crippen LogP contribution in [0, 0.1) is 0 Å². The van der Waals surface area contributed by atoms with Crippen molar-refractivity contribution in [3.63, 3.8) is 0 Å². The minimum atomic E-state index is -3.64. The molecule has 0 aromatic carbocycles. The molecular formula is C17H26O13S. The van der Waals surface area contributed by atoms with Gasteiger partial charge in [0, 0.05) is 20.8 Å². The Balaban J connectivity index is 3.14.